The molecule has 0 saturated carbocycles. The maximum absolute atomic E-state index is 13.7. The Morgan fingerprint density at radius 2 is 2.06 bits per heavy atom. The molecule has 3 N–H and O–H groups in total. The molecule has 5 rings (SSSR count). The number of nitrogens with zero attached hydrogens (tertiary/aromatic N) is 4. The van der Waals surface area contributed by atoms with Gasteiger partial charge in [0.15, 0.2) is 0 Å². The highest BCUT2D eigenvalue weighted by Gasteiger charge is 2.78. The lowest BCUT2D eigenvalue weighted by Gasteiger charge is -2.33. The maximum Gasteiger partial charge on any atom is 0.247 e. The van der Waals surface area contributed by atoms with Crippen LogP contribution in [0.15, 0.2) is 24.3 Å². The minimum Gasteiger partial charge on any atom is -0.396 e. The number of fused-ring (bicyclic) bond motifs is 2. The number of benzene rings is 1. The van der Waals surface area contributed by atoms with E-state index in [9.17, 15) is 19.5 Å². The van der Waals surface area contributed by atoms with Crippen molar-refractivity contribution in [3.63, 3.8) is 0 Å². The van der Waals surface area contributed by atoms with Gasteiger partial charge >= 0.3 is 0 Å². The highest BCUT2D eigenvalue weighted by atomic mass is 16.5. The maximum atomic E-state index is 13.7. The lowest BCUT2D eigenvalue weighted by molar-refractivity contribution is -0.147. The van der Waals surface area contributed by atoms with Gasteiger partial charge < -0.3 is 25.4 Å². The number of aromatic nitrogens is 3. The van der Waals surface area contributed by atoms with Gasteiger partial charge in [0.25, 0.3) is 0 Å². The fourth-order valence-electron chi connectivity index (χ4n) is 6.34. The van der Waals surface area contributed by atoms with Crippen LogP contribution in [0.4, 0.5) is 0 Å². The molecule has 34 heavy (non-hydrogen) atoms. The van der Waals surface area contributed by atoms with E-state index in [0.717, 1.165) is 5.52 Å². The van der Waals surface area contributed by atoms with E-state index in [-0.39, 0.29) is 37.5 Å². The summed E-state index contributed by atoms with van der Waals surface area (Å²) in [5.41, 5.74) is -0.341. The fraction of sp³-hybridized carbons (Fsp3) is 0.609. The van der Waals surface area contributed by atoms with Crippen molar-refractivity contribution in [3.05, 3.63) is 24.3 Å². The number of carbonyl (C=O) groups is 3. The summed E-state index contributed by atoms with van der Waals surface area (Å²) in [7, 11) is 1.56. The molecular formula is C23H30N6O5. The SMILES string of the molecule is CC[C@]12CCC3(O1)C(C(=O)NCn1nnc4ccccc41)N(CCCO)C(=O)[C@@H]3[C@H]2C(=O)NC. The van der Waals surface area contributed by atoms with Gasteiger partial charge in [-0.2, -0.15) is 0 Å². The van der Waals surface area contributed by atoms with Gasteiger partial charge in [-0.1, -0.05) is 24.3 Å². The zero-order valence-electron chi connectivity index (χ0n) is 19.4. The lowest BCUT2D eigenvalue weighted by Crippen LogP contribution is -2.55. The molecule has 1 spiro atoms. The average molecular weight is 471 g/mol. The molecule has 1 aromatic heterocycles. The molecule has 2 aromatic rings. The zero-order valence-corrected chi connectivity index (χ0v) is 19.4. The van der Waals surface area contributed by atoms with Crippen molar-refractivity contribution in [1.29, 1.82) is 0 Å². The van der Waals surface area contributed by atoms with Crippen LogP contribution in [0.2, 0.25) is 0 Å². The zero-order chi connectivity index (χ0) is 24.1. The number of aliphatic hydroxyl groups excluding tert-OH is 1. The van der Waals surface area contributed by atoms with Crippen LogP contribution in [0.25, 0.3) is 11.0 Å². The van der Waals surface area contributed by atoms with Crippen LogP contribution >= 0.6 is 0 Å². The quantitative estimate of drug-likeness (QED) is 0.485. The van der Waals surface area contributed by atoms with E-state index >= 15 is 0 Å². The number of hydrogen-bond acceptors (Lipinski definition) is 7. The molecule has 5 atom stereocenters. The molecule has 1 aromatic carbocycles. The number of aliphatic hydroxyl groups is 1. The van der Waals surface area contributed by atoms with E-state index in [0.29, 0.717) is 31.2 Å². The number of carbonyl (C=O) groups excluding carboxylic acids is 3. The van der Waals surface area contributed by atoms with Crippen LogP contribution in [0, 0.1) is 11.8 Å². The van der Waals surface area contributed by atoms with Crippen LogP contribution in [0.5, 0.6) is 0 Å². The monoisotopic (exact) mass is 470 g/mol. The molecule has 11 heteroatoms. The largest absolute Gasteiger partial charge is 0.396 e. The predicted octanol–water partition coefficient (Wildman–Crippen LogP) is -0.212. The highest BCUT2D eigenvalue weighted by molar-refractivity contribution is 5.99. The second-order valence-electron chi connectivity index (χ2n) is 9.33. The third-order valence-corrected chi connectivity index (χ3v) is 7.84. The Morgan fingerprint density at radius 3 is 2.79 bits per heavy atom. The molecule has 3 aliphatic rings. The fourth-order valence-corrected chi connectivity index (χ4v) is 6.34. The first-order valence-corrected chi connectivity index (χ1v) is 11.8. The van der Waals surface area contributed by atoms with E-state index in [2.05, 4.69) is 20.9 Å². The van der Waals surface area contributed by atoms with Crippen molar-refractivity contribution in [2.75, 3.05) is 20.2 Å². The van der Waals surface area contributed by atoms with E-state index in [1.165, 1.54) is 4.90 Å². The van der Waals surface area contributed by atoms with Crippen molar-refractivity contribution in [3.8, 4) is 0 Å². The van der Waals surface area contributed by atoms with Gasteiger partial charge in [-0.15, -0.1) is 5.10 Å². The topological polar surface area (TPSA) is 139 Å². The van der Waals surface area contributed by atoms with E-state index < -0.39 is 29.1 Å². The predicted molar refractivity (Wildman–Crippen MR) is 120 cm³/mol. The number of nitrogens with one attached hydrogen (secondary N) is 2. The van der Waals surface area contributed by atoms with Crippen LogP contribution in [0.3, 0.4) is 0 Å². The molecule has 3 fully saturated rings. The van der Waals surface area contributed by atoms with Crippen LogP contribution in [-0.4, -0.2) is 80.2 Å². The van der Waals surface area contributed by atoms with Crippen molar-refractivity contribution in [1.82, 2.24) is 30.5 Å². The number of hydrogen-bond donors (Lipinski definition) is 3. The molecule has 0 aliphatic carbocycles. The molecule has 3 aliphatic heterocycles. The molecule has 11 nitrogen and oxygen atoms in total. The van der Waals surface area contributed by atoms with Crippen LogP contribution in [0.1, 0.15) is 32.6 Å². The summed E-state index contributed by atoms with van der Waals surface area (Å²) < 4.78 is 8.18. The molecule has 182 valence electrons. The average Bonchev–Trinajstić information content (AvgIpc) is 3.58. The third-order valence-electron chi connectivity index (χ3n) is 7.84. The van der Waals surface area contributed by atoms with Crippen LogP contribution in [-0.2, 0) is 25.8 Å². The number of rotatable bonds is 8. The summed E-state index contributed by atoms with van der Waals surface area (Å²) in [6.45, 7) is 2.13. The van der Waals surface area contributed by atoms with Gasteiger partial charge in [-0.05, 0) is 37.8 Å². The smallest absolute Gasteiger partial charge is 0.247 e. The summed E-state index contributed by atoms with van der Waals surface area (Å²) >= 11 is 0. The molecular weight excluding hydrogens is 440 g/mol. The Balaban J connectivity index is 1.47. The molecule has 3 saturated heterocycles. The summed E-state index contributed by atoms with van der Waals surface area (Å²) in [6, 6.07) is 6.54. The highest BCUT2D eigenvalue weighted by Crippen LogP contribution is 2.64. The normalized spacial score (nSPS) is 31.8. The molecule has 0 radical (unpaired) electrons. The molecule has 2 unspecified atom stereocenters. The van der Waals surface area contributed by atoms with E-state index in [1.54, 1.807) is 11.7 Å². The van der Waals surface area contributed by atoms with E-state index in [1.807, 2.05) is 31.2 Å². The van der Waals surface area contributed by atoms with E-state index in [4.69, 9.17) is 4.74 Å². The first kappa shape index (κ1) is 22.7. The number of ether oxygens (including phenoxy) is 1. The van der Waals surface area contributed by atoms with Gasteiger partial charge in [-0.3, -0.25) is 14.4 Å². The summed E-state index contributed by atoms with van der Waals surface area (Å²) in [4.78, 5) is 41.7. The van der Waals surface area contributed by atoms with Crippen molar-refractivity contribution in [2.24, 2.45) is 11.8 Å². The summed E-state index contributed by atoms with van der Waals surface area (Å²) in [5, 5.41) is 23.2. The number of likely N-dealkylation sites (tertiary alicyclic amines) is 1. The number of para-hydroxylation sites is 1. The van der Waals surface area contributed by atoms with Gasteiger partial charge in [0.2, 0.25) is 17.7 Å². The van der Waals surface area contributed by atoms with Gasteiger partial charge in [0, 0.05) is 20.2 Å². The first-order chi connectivity index (χ1) is 16.4. The number of amides is 3. The van der Waals surface area contributed by atoms with Crippen molar-refractivity contribution < 1.29 is 24.2 Å². The molecule has 3 amide bonds. The minimum absolute atomic E-state index is 0.0798. The van der Waals surface area contributed by atoms with Crippen molar-refractivity contribution in [2.45, 2.75) is 56.5 Å². The molecule has 4 heterocycles. The Hall–Kier alpha value is -3.05. The third kappa shape index (κ3) is 3.06. The van der Waals surface area contributed by atoms with Crippen LogP contribution < -0.4 is 10.6 Å². The second-order valence-corrected chi connectivity index (χ2v) is 9.33. The Bertz CT molecular complexity index is 1140. The van der Waals surface area contributed by atoms with Gasteiger partial charge in [0.1, 0.15) is 23.8 Å². The first-order valence-electron chi connectivity index (χ1n) is 11.8. The molecule has 2 bridgehead atoms. The Labute approximate surface area is 196 Å². The minimum atomic E-state index is -1.08. The Morgan fingerprint density at radius 1 is 1.26 bits per heavy atom. The summed E-state index contributed by atoms with van der Waals surface area (Å²) in [6.07, 6.45) is 2.03. The summed E-state index contributed by atoms with van der Waals surface area (Å²) in [5.74, 6) is -2.25. The lowest BCUT2D eigenvalue weighted by atomic mass is 9.65. The van der Waals surface area contributed by atoms with Gasteiger partial charge in [-0.25, -0.2) is 4.68 Å². The second kappa shape index (κ2) is 8.31. The van der Waals surface area contributed by atoms with Crippen molar-refractivity contribution >= 4 is 28.8 Å². The standard InChI is InChI=1S/C23H30N6O5/c1-3-22-9-10-23(34-22)17(16(22)19(31)24-2)21(33)28(11-6-12-30)18(23)20(32)25-13-29-15-8-5-4-7-14(15)26-27-29/h4-5,7-8,16-18,30H,3,6,9-13H2,1-2H3,(H,24,31)(H,25,32)/t16-,17-,18?,22+,23?/m0/s1. The van der Waals surface area contributed by atoms with Gasteiger partial charge in [0.05, 0.1) is 23.0 Å². The Kier molecular flexibility index (Phi) is 5.56.